The smallest absolute Gasteiger partial charge is 0.337 e. The Bertz CT molecular complexity index is 1190. The Morgan fingerprint density at radius 2 is 1.77 bits per heavy atom. The lowest BCUT2D eigenvalue weighted by molar-refractivity contribution is -0.116. The van der Waals surface area contributed by atoms with Crippen LogP contribution in [0, 0.1) is 0 Å². The van der Waals surface area contributed by atoms with Crippen LogP contribution in [0.5, 0.6) is 5.75 Å². The SMILES string of the molecule is CC(=O)N(Cc1cccc(OCc2ccc(Cl)cc2)c1)c1ccc(N2CCOCC2)c(C(=O)O)c1. The highest BCUT2D eigenvalue weighted by Gasteiger charge is 2.21. The van der Waals surface area contributed by atoms with Crippen LogP contribution in [0.25, 0.3) is 0 Å². The highest BCUT2D eigenvalue weighted by atomic mass is 35.5. The summed E-state index contributed by atoms with van der Waals surface area (Å²) in [5.74, 6) is -0.544. The molecule has 8 heteroatoms. The number of nitrogens with zero attached hydrogens (tertiary/aromatic N) is 2. The van der Waals surface area contributed by atoms with Gasteiger partial charge in [0.25, 0.3) is 0 Å². The van der Waals surface area contributed by atoms with Gasteiger partial charge in [0.1, 0.15) is 12.4 Å². The largest absolute Gasteiger partial charge is 0.489 e. The third kappa shape index (κ3) is 6.32. The Hall–Kier alpha value is -3.55. The number of hydrogen-bond acceptors (Lipinski definition) is 5. The Labute approximate surface area is 209 Å². The second kappa shape index (κ2) is 11.3. The number of anilines is 2. The summed E-state index contributed by atoms with van der Waals surface area (Å²) in [5, 5.41) is 10.5. The number of carboxylic acids is 1. The third-order valence-corrected chi connectivity index (χ3v) is 6.06. The van der Waals surface area contributed by atoms with Crippen LogP contribution in [-0.4, -0.2) is 43.3 Å². The normalized spacial score (nSPS) is 13.4. The predicted molar refractivity (Wildman–Crippen MR) is 136 cm³/mol. The lowest BCUT2D eigenvalue weighted by Gasteiger charge is -2.31. The van der Waals surface area contributed by atoms with Crippen molar-refractivity contribution in [2.24, 2.45) is 0 Å². The molecule has 3 aromatic carbocycles. The molecule has 0 aliphatic carbocycles. The van der Waals surface area contributed by atoms with Gasteiger partial charge in [-0.2, -0.15) is 0 Å². The molecule has 3 aromatic rings. The molecule has 1 aliphatic rings. The number of hydrogen-bond donors (Lipinski definition) is 1. The summed E-state index contributed by atoms with van der Waals surface area (Å²) in [4.78, 5) is 28.1. The van der Waals surface area contributed by atoms with Gasteiger partial charge in [-0.3, -0.25) is 4.79 Å². The molecule has 1 saturated heterocycles. The second-order valence-electron chi connectivity index (χ2n) is 8.27. The first-order chi connectivity index (χ1) is 16.9. The highest BCUT2D eigenvalue weighted by Crippen LogP contribution is 2.29. The van der Waals surface area contributed by atoms with E-state index in [0.29, 0.717) is 55.1 Å². The predicted octanol–water partition coefficient (Wildman–Crippen LogP) is 5.01. The van der Waals surface area contributed by atoms with E-state index >= 15 is 0 Å². The summed E-state index contributed by atoms with van der Waals surface area (Å²) in [7, 11) is 0. The maximum atomic E-state index is 12.5. The van der Waals surface area contributed by atoms with Crippen LogP contribution in [0.15, 0.2) is 66.7 Å². The van der Waals surface area contributed by atoms with E-state index in [9.17, 15) is 14.7 Å². The van der Waals surface area contributed by atoms with Crippen molar-refractivity contribution in [3.8, 4) is 5.75 Å². The molecule has 1 heterocycles. The summed E-state index contributed by atoms with van der Waals surface area (Å²) in [6, 6.07) is 20.1. The number of benzene rings is 3. The number of aromatic carboxylic acids is 1. The molecule has 4 rings (SSSR count). The van der Waals surface area contributed by atoms with Crippen molar-refractivity contribution < 1.29 is 24.2 Å². The van der Waals surface area contributed by atoms with Gasteiger partial charge in [-0.25, -0.2) is 4.79 Å². The monoisotopic (exact) mass is 494 g/mol. The molecule has 1 amide bonds. The first-order valence-electron chi connectivity index (χ1n) is 11.3. The van der Waals surface area contributed by atoms with Crippen LogP contribution < -0.4 is 14.5 Å². The average molecular weight is 495 g/mol. The van der Waals surface area contributed by atoms with E-state index in [1.807, 2.05) is 53.4 Å². The number of amides is 1. The van der Waals surface area contributed by atoms with Crippen LogP contribution in [0.4, 0.5) is 11.4 Å². The topological polar surface area (TPSA) is 79.3 Å². The highest BCUT2D eigenvalue weighted by molar-refractivity contribution is 6.30. The quantitative estimate of drug-likeness (QED) is 0.474. The van der Waals surface area contributed by atoms with Gasteiger partial charge >= 0.3 is 5.97 Å². The molecule has 0 spiro atoms. The van der Waals surface area contributed by atoms with E-state index in [1.54, 1.807) is 23.1 Å². The standard InChI is InChI=1S/C27H27ClN2O5/c1-19(31)30(23-9-10-26(25(16-23)27(32)33)29-11-13-34-14-12-29)17-21-3-2-4-24(15-21)35-18-20-5-7-22(28)8-6-20/h2-10,15-16H,11-14,17-18H2,1H3,(H,32,33). The minimum atomic E-state index is -1.03. The molecule has 7 nitrogen and oxygen atoms in total. The number of ether oxygens (including phenoxy) is 2. The minimum absolute atomic E-state index is 0.163. The van der Waals surface area contributed by atoms with E-state index in [1.165, 1.54) is 6.92 Å². The molecular weight excluding hydrogens is 468 g/mol. The van der Waals surface area contributed by atoms with Crippen molar-refractivity contribution in [1.29, 1.82) is 0 Å². The molecule has 1 aliphatic heterocycles. The maximum absolute atomic E-state index is 12.5. The van der Waals surface area contributed by atoms with E-state index in [2.05, 4.69) is 0 Å². The van der Waals surface area contributed by atoms with Crippen LogP contribution in [-0.2, 0) is 22.7 Å². The van der Waals surface area contributed by atoms with Gasteiger partial charge in [0, 0.05) is 30.7 Å². The van der Waals surface area contributed by atoms with Crippen molar-refractivity contribution in [2.45, 2.75) is 20.1 Å². The molecule has 35 heavy (non-hydrogen) atoms. The van der Waals surface area contributed by atoms with E-state index in [4.69, 9.17) is 21.1 Å². The van der Waals surface area contributed by atoms with Crippen LogP contribution in [0.3, 0.4) is 0 Å². The molecule has 1 N–H and O–H groups in total. The van der Waals surface area contributed by atoms with E-state index in [-0.39, 0.29) is 18.0 Å². The summed E-state index contributed by atoms with van der Waals surface area (Å²) >= 11 is 5.94. The van der Waals surface area contributed by atoms with Gasteiger partial charge in [0.2, 0.25) is 5.91 Å². The Kier molecular flexibility index (Phi) is 7.90. The zero-order valence-electron chi connectivity index (χ0n) is 19.4. The van der Waals surface area contributed by atoms with E-state index < -0.39 is 5.97 Å². The van der Waals surface area contributed by atoms with Gasteiger partial charge in [0.15, 0.2) is 0 Å². The lowest BCUT2D eigenvalue weighted by atomic mass is 10.1. The number of carbonyl (C=O) groups excluding carboxylic acids is 1. The molecule has 0 saturated carbocycles. The van der Waals surface area contributed by atoms with Crippen LogP contribution >= 0.6 is 11.6 Å². The van der Waals surface area contributed by atoms with Crippen molar-refractivity contribution in [1.82, 2.24) is 0 Å². The number of carboxylic acid groups (broad SMARTS) is 1. The van der Waals surface area contributed by atoms with E-state index in [0.717, 1.165) is 11.1 Å². The maximum Gasteiger partial charge on any atom is 0.337 e. The number of morpholine rings is 1. The van der Waals surface area contributed by atoms with Crippen molar-refractivity contribution in [2.75, 3.05) is 36.1 Å². The van der Waals surface area contributed by atoms with Gasteiger partial charge in [0.05, 0.1) is 31.0 Å². The van der Waals surface area contributed by atoms with Crippen molar-refractivity contribution in [3.63, 3.8) is 0 Å². The molecule has 0 bridgehead atoms. The van der Waals surface area contributed by atoms with Gasteiger partial charge in [-0.15, -0.1) is 0 Å². The fourth-order valence-electron chi connectivity index (χ4n) is 3.99. The Morgan fingerprint density at radius 1 is 1.03 bits per heavy atom. The molecule has 0 radical (unpaired) electrons. The summed E-state index contributed by atoms with van der Waals surface area (Å²) in [5.41, 5.74) is 3.18. The fraction of sp³-hybridized carbons (Fsp3) is 0.259. The van der Waals surface area contributed by atoms with Crippen molar-refractivity contribution >= 4 is 34.9 Å². The number of rotatable bonds is 8. The van der Waals surface area contributed by atoms with Crippen LogP contribution in [0.1, 0.15) is 28.4 Å². The third-order valence-electron chi connectivity index (χ3n) is 5.81. The summed E-state index contributed by atoms with van der Waals surface area (Å²) in [6.07, 6.45) is 0. The zero-order valence-corrected chi connectivity index (χ0v) is 20.2. The molecule has 1 fully saturated rings. The molecule has 0 atom stereocenters. The molecule has 0 unspecified atom stereocenters. The average Bonchev–Trinajstić information content (AvgIpc) is 2.87. The van der Waals surface area contributed by atoms with Gasteiger partial charge < -0.3 is 24.4 Å². The Morgan fingerprint density at radius 3 is 2.46 bits per heavy atom. The zero-order chi connectivity index (χ0) is 24.8. The minimum Gasteiger partial charge on any atom is -0.489 e. The van der Waals surface area contributed by atoms with Crippen LogP contribution in [0.2, 0.25) is 5.02 Å². The molecular formula is C27H27ClN2O5. The first-order valence-corrected chi connectivity index (χ1v) is 11.7. The number of halogens is 1. The van der Waals surface area contributed by atoms with Gasteiger partial charge in [-0.1, -0.05) is 35.9 Å². The second-order valence-corrected chi connectivity index (χ2v) is 8.71. The summed E-state index contributed by atoms with van der Waals surface area (Å²) < 4.78 is 11.3. The molecule has 0 aromatic heterocycles. The van der Waals surface area contributed by atoms with Crippen molar-refractivity contribution in [3.05, 3.63) is 88.4 Å². The Balaban J connectivity index is 1.52. The summed E-state index contributed by atoms with van der Waals surface area (Å²) in [6.45, 7) is 4.49. The fourth-order valence-corrected chi connectivity index (χ4v) is 4.12. The number of carbonyl (C=O) groups is 2. The molecule has 182 valence electrons. The van der Waals surface area contributed by atoms with Gasteiger partial charge in [-0.05, 0) is 53.6 Å². The first kappa shape index (κ1) is 24.6. The lowest BCUT2D eigenvalue weighted by Crippen LogP contribution is -2.37.